The summed E-state index contributed by atoms with van der Waals surface area (Å²) in [7, 11) is -3.71. The SMILES string of the molecule is CC(C)C(CC(=O)O)NS(=O)(=O)c1ccc(Cl)s1. The number of hydrogen-bond donors (Lipinski definition) is 2. The Morgan fingerprint density at radius 1 is 1.50 bits per heavy atom. The van der Waals surface area contributed by atoms with Crippen molar-refractivity contribution in [3.63, 3.8) is 0 Å². The Hall–Kier alpha value is -0.630. The first-order chi connectivity index (χ1) is 8.22. The Morgan fingerprint density at radius 2 is 2.11 bits per heavy atom. The Bertz CT molecular complexity index is 524. The molecule has 0 amide bonds. The van der Waals surface area contributed by atoms with Crippen molar-refractivity contribution in [2.75, 3.05) is 0 Å². The van der Waals surface area contributed by atoms with E-state index >= 15 is 0 Å². The van der Waals surface area contributed by atoms with Crippen LogP contribution in [0.3, 0.4) is 0 Å². The molecule has 5 nitrogen and oxygen atoms in total. The van der Waals surface area contributed by atoms with E-state index in [0.717, 1.165) is 11.3 Å². The van der Waals surface area contributed by atoms with Gasteiger partial charge in [-0.1, -0.05) is 25.4 Å². The van der Waals surface area contributed by atoms with Crippen molar-refractivity contribution in [3.8, 4) is 0 Å². The van der Waals surface area contributed by atoms with Crippen LogP contribution in [0.4, 0.5) is 0 Å². The molecule has 0 saturated heterocycles. The molecule has 1 atom stereocenters. The van der Waals surface area contributed by atoms with E-state index in [1.807, 2.05) is 0 Å². The lowest BCUT2D eigenvalue weighted by molar-refractivity contribution is -0.137. The summed E-state index contributed by atoms with van der Waals surface area (Å²) in [5.74, 6) is -1.16. The third-order valence-corrected chi connectivity index (χ3v) is 5.53. The molecule has 0 spiro atoms. The molecule has 1 heterocycles. The summed E-state index contributed by atoms with van der Waals surface area (Å²) in [4.78, 5) is 10.7. The number of carboxylic acids is 1. The molecule has 0 aliphatic rings. The van der Waals surface area contributed by atoms with Gasteiger partial charge in [-0.25, -0.2) is 13.1 Å². The summed E-state index contributed by atoms with van der Waals surface area (Å²) < 4.78 is 26.8. The van der Waals surface area contributed by atoms with Gasteiger partial charge in [0.25, 0.3) is 0 Å². The van der Waals surface area contributed by atoms with Gasteiger partial charge >= 0.3 is 5.97 Å². The highest BCUT2D eigenvalue weighted by Gasteiger charge is 2.25. The first-order valence-electron chi connectivity index (χ1n) is 5.22. The molecule has 0 aliphatic heterocycles. The summed E-state index contributed by atoms with van der Waals surface area (Å²) in [5.41, 5.74) is 0. The normalized spacial score (nSPS) is 13.8. The molecule has 0 aliphatic carbocycles. The van der Waals surface area contributed by atoms with Gasteiger partial charge in [-0.05, 0) is 18.1 Å². The fraction of sp³-hybridized carbons (Fsp3) is 0.500. The van der Waals surface area contributed by atoms with Gasteiger partial charge in [0.15, 0.2) is 0 Å². The lowest BCUT2D eigenvalue weighted by Gasteiger charge is -2.19. The van der Waals surface area contributed by atoms with Crippen LogP contribution in [0, 0.1) is 5.92 Å². The van der Waals surface area contributed by atoms with E-state index in [1.54, 1.807) is 13.8 Å². The Labute approximate surface area is 115 Å². The zero-order valence-corrected chi connectivity index (χ0v) is 12.3. The number of halogens is 1. The van der Waals surface area contributed by atoms with Gasteiger partial charge in [0.2, 0.25) is 10.0 Å². The van der Waals surface area contributed by atoms with Crippen LogP contribution in [-0.2, 0) is 14.8 Å². The van der Waals surface area contributed by atoms with Crippen LogP contribution in [0.2, 0.25) is 4.34 Å². The van der Waals surface area contributed by atoms with Crippen LogP contribution < -0.4 is 4.72 Å². The zero-order chi connectivity index (χ0) is 13.9. The monoisotopic (exact) mass is 311 g/mol. The number of hydrogen-bond acceptors (Lipinski definition) is 4. The highest BCUT2D eigenvalue weighted by Crippen LogP contribution is 2.26. The maximum Gasteiger partial charge on any atom is 0.304 e. The fourth-order valence-electron chi connectivity index (χ4n) is 1.30. The van der Waals surface area contributed by atoms with Gasteiger partial charge in [0, 0.05) is 6.04 Å². The summed E-state index contributed by atoms with van der Waals surface area (Å²) in [6, 6.07) is 2.24. The Balaban J connectivity index is 2.89. The van der Waals surface area contributed by atoms with Crippen molar-refractivity contribution in [1.29, 1.82) is 0 Å². The highest BCUT2D eigenvalue weighted by atomic mass is 35.5. The highest BCUT2D eigenvalue weighted by molar-refractivity contribution is 7.91. The summed E-state index contributed by atoms with van der Waals surface area (Å²) in [5, 5.41) is 8.75. The van der Waals surface area contributed by atoms with E-state index in [2.05, 4.69) is 4.72 Å². The van der Waals surface area contributed by atoms with Gasteiger partial charge in [-0.2, -0.15) is 0 Å². The van der Waals surface area contributed by atoms with E-state index in [9.17, 15) is 13.2 Å². The molecule has 1 aromatic heterocycles. The van der Waals surface area contributed by atoms with Gasteiger partial charge in [-0.3, -0.25) is 4.79 Å². The third kappa shape index (κ3) is 4.24. The minimum absolute atomic E-state index is 0.0866. The number of sulfonamides is 1. The second kappa shape index (κ2) is 6.01. The summed E-state index contributed by atoms with van der Waals surface area (Å²) >= 11 is 6.62. The molecule has 1 rings (SSSR count). The zero-order valence-electron chi connectivity index (χ0n) is 9.88. The average Bonchev–Trinajstić information content (AvgIpc) is 2.63. The third-order valence-electron chi connectivity index (χ3n) is 2.32. The first-order valence-corrected chi connectivity index (χ1v) is 7.89. The fourth-order valence-corrected chi connectivity index (χ4v) is 4.18. The number of thiophene rings is 1. The number of rotatable bonds is 6. The average molecular weight is 312 g/mol. The van der Waals surface area contributed by atoms with Crippen LogP contribution in [0.1, 0.15) is 20.3 Å². The molecule has 0 radical (unpaired) electrons. The maximum absolute atomic E-state index is 12.0. The van der Waals surface area contributed by atoms with Crippen molar-refractivity contribution in [2.24, 2.45) is 5.92 Å². The van der Waals surface area contributed by atoms with Crippen molar-refractivity contribution in [1.82, 2.24) is 4.72 Å². The number of nitrogens with one attached hydrogen (secondary N) is 1. The molecular formula is C10H14ClNO4S2. The Kier molecular flexibility index (Phi) is 5.15. The second-order valence-electron chi connectivity index (χ2n) is 4.13. The molecule has 18 heavy (non-hydrogen) atoms. The molecule has 102 valence electrons. The predicted molar refractivity (Wildman–Crippen MR) is 70.5 cm³/mol. The molecule has 0 aromatic carbocycles. The van der Waals surface area contributed by atoms with Crippen LogP contribution >= 0.6 is 22.9 Å². The van der Waals surface area contributed by atoms with E-state index in [4.69, 9.17) is 16.7 Å². The van der Waals surface area contributed by atoms with E-state index in [1.165, 1.54) is 12.1 Å². The lowest BCUT2D eigenvalue weighted by atomic mass is 10.0. The molecular weight excluding hydrogens is 298 g/mol. The van der Waals surface area contributed by atoms with E-state index < -0.39 is 22.0 Å². The summed E-state index contributed by atoms with van der Waals surface area (Å²) in [6.45, 7) is 3.52. The Morgan fingerprint density at radius 3 is 2.50 bits per heavy atom. The van der Waals surface area contributed by atoms with Gasteiger partial charge in [0.05, 0.1) is 10.8 Å². The van der Waals surface area contributed by atoms with Crippen LogP contribution in [0.15, 0.2) is 16.3 Å². The minimum atomic E-state index is -3.71. The van der Waals surface area contributed by atoms with E-state index in [-0.39, 0.29) is 16.5 Å². The largest absolute Gasteiger partial charge is 0.481 e. The van der Waals surface area contributed by atoms with Gasteiger partial charge in [0.1, 0.15) is 4.21 Å². The van der Waals surface area contributed by atoms with Crippen molar-refractivity contribution in [2.45, 2.75) is 30.5 Å². The smallest absolute Gasteiger partial charge is 0.304 e. The van der Waals surface area contributed by atoms with Crippen LogP contribution in [-0.4, -0.2) is 25.5 Å². The minimum Gasteiger partial charge on any atom is -0.481 e. The van der Waals surface area contributed by atoms with Crippen LogP contribution in [0.5, 0.6) is 0 Å². The maximum atomic E-state index is 12.0. The molecule has 0 fully saturated rings. The number of aliphatic carboxylic acids is 1. The second-order valence-corrected chi connectivity index (χ2v) is 7.78. The van der Waals surface area contributed by atoms with Gasteiger partial charge in [-0.15, -0.1) is 11.3 Å². The molecule has 1 unspecified atom stereocenters. The lowest BCUT2D eigenvalue weighted by Crippen LogP contribution is -2.39. The first kappa shape index (κ1) is 15.4. The quantitative estimate of drug-likeness (QED) is 0.843. The van der Waals surface area contributed by atoms with Crippen LogP contribution in [0.25, 0.3) is 0 Å². The molecule has 0 bridgehead atoms. The molecule has 8 heteroatoms. The number of carboxylic acid groups (broad SMARTS) is 1. The van der Waals surface area contributed by atoms with Crippen molar-refractivity contribution in [3.05, 3.63) is 16.5 Å². The topological polar surface area (TPSA) is 83.5 Å². The standard InChI is InChI=1S/C10H14ClNO4S2/c1-6(2)7(5-9(13)14)12-18(15,16)10-4-3-8(11)17-10/h3-4,6-7,12H,5H2,1-2H3,(H,13,14). The number of carbonyl (C=O) groups is 1. The van der Waals surface area contributed by atoms with E-state index in [0.29, 0.717) is 4.34 Å². The summed E-state index contributed by atoms with van der Waals surface area (Å²) in [6.07, 6.45) is -0.254. The predicted octanol–water partition coefficient (Wildman–Crippen LogP) is 2.18. The molecule has 2 N–H and O–H groups in total. The van der Waals surface area contributed by atoms with Crippen molar-refractivity contribution >= 4 is 38.9 Å². The van der Waals surface area contributed by atoms with Crippen molar-refractivity contribution < 1.29 is 18.3 Å². The molecule has 0 saturated carbocycles. The van der Waals surface area contributed by atoms with Gasteiger partial charge < -0.3 is 5.11 Å². The molecule has 1 aromatic rings.